The number of hydrogen-bond acceptors (Lipinski definition) is 2. The Morgan fingerprint density at radius 3 is 2.41 bits per heavy atom. The van der Waals surface area contributed by atoms with Crippen molar-refractivity contribution in [1.29, 1.82) is 0 Å². The second kappa shape index (κ2) is 4.59. The predicted molar refractivity (Wildman–Crippen MR) is 72.6 cm³/mol. The SMILES string of the molecule is CC(C)C1(C(C)C)CCNc2ccccc2O1. The van der Waals surface area contributed by atoms with Crippen molar-refractivity contribution in [2.75, 3.05) is 11.9 Å². The molecule has 1 N–H and O–H groups in total. The van der Waals surface area contributed by atoms with E-state index in [2.05, 4.69) is 45.1 Å². The van der Waals surface area contributed by atoms with Gasteiger partial charge < -0.3 is 10.1 Å². The summed E-state index contributed by atoms with van der Waals surface area (Å²) in [6, 6.07) is 8.24. The van der Waals surface area contributed by atoms with Crippen molar-refractivity contribution in [3.05, 3.63) is 24.3 Å². The number of nitrogens with one attached hydrogen (secondary N) is 1. The summed E-state index contributed by atoms with van der Waals surface area (Å²) in [5, 5.41) is 3.46. The summed E-state index contributed by atoms with van der Waals surface area (Å²) in [7, 11) is 0. The van der Waals surface area contributed by atoms with Gasteiger partial charge in [0.15, 0.2) is 0 Å². The molecule has 1 aromatic carbocycles. The molecule has 0 saturated carbocycles. The van der Waals surface area contributed by atoms with Crippen LogP contribution in [0.15, 0.2) is 24.3 Å². The highest BCUT2D eigenvalue weighted by molar-refractivity contribution is 5.57. The Morgan fingerprint density at radius 1 is 1.12 bits per heavy atom. The van der Waals surface area contributed by atoms with Crippen LogP contribution in [-0.4, -0.2) is 12.1 Å². The molecule has 0 aromatic heterocycles. The Kier molecular flexibility index (Phi) is 3.32. The fourth-order valence-electron chi connectivity index (χ4n) is 2.83. The van der Waals surface area contributed by atoms with Gasteiger partial charge in [0, 0.05) is 13.0 Å². The van der Waals surface area contributed by atoms with Gasteiger partial charge in [-0.2, -0.15) is 0 Å². The molecule has 1 aromatic rings. The van der Waals surface area contributed by atoms with Crippen LogP contribution in [-0.2, 0) is 0 Å². The number of benzene rings is 1. The van der Waals surface area contributed by atoms with Crippen molar-refractivity contribution in [1.82, 2.24) is 0 Å². The third kappa shape index (κ3) is 2.13. The fourth-order valence-corrected chi connectivity index (χ4v) is 2.83. The summed E-state index contributed by atoms with van der Waals surface area (Å²) in [6.45, 7) is 10.0. The highest BCUT2D eigenvalue weighted by Crippen LogP contribution is 2.40. The molecule has 1 aliphatic rings. The number of para-hydroxylation sites is 2. The number of rotatable bonds is 2. The van der Waals surface area contributed by atoms with Gasteiger partial charge in [0.25, 0.3) is 0 Å². The van der Waals surface area contributed by atoms with Crippen molar-refractivity contribution in [2.24, 2.45) is 11.8 Å². The number of ether oxygens (including phenoxy) is 1. The van der Waals surface area contributed by atoms with E-state index in [1.54, 1.807) is 0 Å². The van der Waals surface area contributed by atoms with Gasteiger partial charge in [0.1, 0.15) is 11.4 Å². The van der Waals surface area contributed by atoms with E-state index in [1.165, 1.54) is 0 Å². The lowest BCUT2D eigenvalue weighted by Gasteiger charge is -2.40. The molecule has 0 bridgehead atoms. The summed E-state index contributed by atoms with van der Waals surface area (Å²) < 4.78 is 6.40. The van der Waals surface area contributed by atoms with Gasteiger partial charge in [0.2, 0.25) is 0 Å². The van der Waals surface area contributed by atoms with Gasteiger partial charge in [-0.05, 0) is 24.0 Å². The third-order valence-corrected chi connectivity index (χ3v) is 3.97. The van der Waals surface area contributed by atoms with E-state index in [0.717, 1.165) is 24.4 Å². The van der Waals surface area contributed by atoms with Crippen molar-refractivity contribution in [2.45, 2.75) is 39.7 Å². The molecule has 0 saturated heterocycles. The molecule has 0 spiro atoms. The smallest absolute Gasteiger partial charge is 0.143 e. The Hall–Kier alpha value is -1.18. The van der Waals surface area contributed by atoms with Gasteiger partial charge in [-0.1, -0.05) is 39.8 Å². The second-order valence-electron chi connectivity index (χ2n) is 5.54. The van der Waals surface area contributed by atoms with E-state index in [1.807, 2.05) is 12.1 Å². The fraction of sp³-hybridized carbons (Fsp3) is 0.600. The third-order valence-electron chi connectivity index (χ3n) is 3.97. The number of anilines is 1. The van der Waals surface area contributed by atoms with Gasteiger partial charge in [-0.15, -0.1) is 0 Å². The number of fused-ring (bicyclic) bond motifs is 1. The van der Waals surface area contributed by atoms with E-state index in [0.29, 0.717) is 11.8 Å². The summed E-state index contributed by atoms with van der Waals surface area (Å²) >= 11 is 0. The van der Waals surface area contributed by atoms with Crippen molar-refractivity contribution >= 4 is 5.69 Å². The Bertz CT molecular complexity index is 376. The molecule has 0 unspecified atom stereocenters. The maximum absolute atomic E-state index is 6.40. The lowest BCUT2D eigenvalue weighted by molar-refractivity contribution is -0.0225. The van der Waals surface area contributed by atoms with Crippen LogP contribution < -0.4 is 10.1 Å². The van der Waals surface area contributed by atoms with Gasteiger partial charge in [-0.25, -0.2) is 0 Å². The molecular weight excluding hydrogens is 210 g/mol. The quantitative estimate of drug-likeness (QED) is 0.835. The van der Waals surface area contributed by atoms with Crippen LogP contribution >= 0.6 is 0 Å². The molecule has 0 fully saturated rings. The zero-order valence-electron chi connectivity index (χ0n) is 11.3. The van der Waals surface area contributed by atoms with Crippen LogP contribution in [0.4, 0.5) is 5.69 Å². The molecule has 2 nitrogen and oxygen atoms in total. The Morgan fingerprint density at radius 2 is 1.76 bits per heavy atom. The van der Waals surface area contributed by atoms with Crippen LogP contribution in [0.25, 0.3) is 0 Å². The Labute approximate surface area is 104 Å². The molecule has 1 heterocycles. The second-order valence-corrected chi connectivity index (χ2v) is 5.54. The first kappa shape index (κ1) is 12.3. The molecular formula is C15H23NO. The average Bonchev–Trinajstić information content (AvgIpc) is 2.48. The van der Waals surface area contributed by atoms with Gasteiger partial charge in [0.05, 0.1) is 5.69 Å². The molecule has 0 aliphatic carbocycles. The molecule has 2 rings (SSSR count). The summed E-state index contributed by atoms with van der Waals surface area (Å²) in [5.74, 6) is 2.01. The monoisotopic (exact) mass is 233 g/mol. The topological polar surface area (TPSA) is 21.3 Å². The summed E-state index contributed by atoms with van der Waals surface area (Å²) in [4.78, 5) is 0. The molecule has 1 aliphatic heterocycles. The number of hydrogen-bond donors (Lipinski definition) is 1. The van der Waals surface area contributed by atoms with E-state index >= 15 is 0 Å². The zero-order valence-corrected chi connectivity index (χ0v) is 11.3. The van der Waals surface area contributed by atoms with E-state index in [9.17, 15) is 0 Å². The minimum Gasteiger partial charge on any atom is -0.485 e. The summed E-state index contributed by atoms with van der Waals surface area (Å²) in [6.07, 6.45) is 1.05. The molecule has 94 valence electrons. The lowest BCUT2D eigenvalue weighted by Crippen LogP contribution is -2.47. The normalized spacial score (nSPS) is 18.2. The standard InChI is InChI=1S/C15H23NO/c1-11(2)15(12(3)4)9-10-16-13-7-5-6-8-14(13)17-15/h5-8,11-12,16H,9-10H2,1-4H3. The summed E-state index contributed by atoms with van der Waals surface area (Å²) in [5.41, 5.74) is 1.07. The predicted octanol–water partition coefficient (Wildman–Crippen LogP) is 3.93. The first-order valence-electron chi connectivity index (χ1n) is 6.58. The van der Waals surface area contributed by atoms with Crippen LogP contribution in [0.5, 0.6) is 5.75 Å². The largest absolute Gasteiger partial charge is 0.485 e. The van der Waals surface area contributed by atoms with E-state index < -0.39 is 0 Å². The van der Waals surface area contributed by atoms with Gasteiger partial charge >= 0.3 is 0 Å². The van der Waals surface area contributed by atoms with Crippen molar-refractivity contribution in [3.8, 4) is 5.75 Å². The van der Waals surface area contributed by atoms with Crippen LogP contribution in [0, 0.1) is 11.8 Å². The molecule has 0 atom stereocenters. The highest BCUT2D eigenvalue weighted by atomic mass is 16.5. The maximum atomic E-state index is 6.40. The highest BCUT2D eigenvalue weighted by Gasteiger charge is 2.40. The molecule has 2 heteroatoms. The molecule has 0 radical (unpaired) electrons. The van der Waals surface area contributed by atoms with Crippen LogP contribution in [0.3, 0.4) is 0 Å². The average molecular weight is 233 g/mol. The molecule has 17 heavy (non-hydrogen) atoms. The van der Waals surface area contributed by atoms with Crippen LogP contribution in [0.1, 0.15) is 34.1 Å². The minimum absolute atomic E-state index is 0.0559. The molecule has 0 amide bonds. The zero-order chi connectivity index (χ0) is 12.5. The minimum atomic E-state index is -0.0559. The van der Waals surface area contributed by atoms with E-state index in [4.69, 9.17) is 4.74 Å². The van der Waals surface area contributed by atoms with Crippen molar-refractivity contribution < 1.29 is 4.74 Å². The van der Waals surface area contributed by atoms with E-state index in [-0.39, 0.29) is 5.60 Å². The van der Waals surface area contributed by atoms with Crippen LogP contribution in [0.2, 0.25) is 0 Å². The maximum Gasteiger partial charge on any atom is 0.143 e. The van der Waals surface area contributed by atoms with Gasteiger partial charge in [-0.3, -0.25) is 0 Å². The lowest BCUT2D eigenvalue weighted by atomic mass is 9.77. The van der Waals surface area contributed by atoms with Crippen molar-refractivity contribution in [3.63, 3.8) is 0 Å². The first-order chi connectivity index (χ1) is 8.06. The first-order valence-corrected chi connectivity index (χ1v) is 6.58. The Balaban J connectivity index is 2.39.